The van der Waals surface area contributed by atoms with Crippen LogP contribution in [0.25, 0.3) is 0 Å². The summed E-state index contributed by atoms with van der Waals surface area (Å²) in [6.45, 7) is 4.44. The topological polar surface area (TPSA) is 66.4 Å². The first-order valence-corrected chi connectivity index (χ1v) is 10.6. The molecular formula is C14H29NO3S2. The third-order valence-electron chi connectivity index (χ3n) is 4.02. The van der Waals surface area contributed by atoms with Crippen molar-refractivity contribution in [1.29, 1.82) is 0 Å². The quantitative estimate of drug-likeness (QED) is 0.632. The van der Waals surface area contributed by atoms with Gasteiger partial charge in [-0.05, 0) is 30.9 Å². The van der Waals surface area contributed by atoms with Crippen molar-refractivity contribution in [2.45, 2.75) is 51.1 Å². The fourth-order valence-electron chi connectivity index (χ4n) is 3.12. The fourth-order valence-corrected chi connectivity index (χ4v) is 5.46. The number of nitrogens with one attached hydrogen (secondary N) is 1. The molecule has 0 aliphatic heterocycles. The predicted octanol–water partition coefficient (Wildman–Crippen LogP) is 1.68. The zero-order valence-electron chi connectivity index (χ0n) is 12.9. The van der Waals surface area contributed by atoms with Crippen LogP contribution in [-0.2, 0) is 9.84 Å². The van der Waals surface area contributed by atoms with E-state index in [0.717, 1.165) is 25.0 Å². The van der Waals surface area contributed by atoms with Gasteiger partial charge in [-0.3, -0.25) is 0 Å². The molecule has 1 saturated carbocycles. The van der Waals surface area contributed by atoms with Gasteiger partial charge in [-0.25, -0.2) is 8.42 Å². The summed E-state index contributed by atoms with van der Waals surface area (Å²) in [5.41, 5.74) is -0.119. The van der Waals surface area contributed by atoms with E-state index in [1.54, 1.807) is 11.8 Å². The average Bonchev–Trinajstić information content (AvgIpc) is 2.70. The van der Waals surface area contributed by atoms with Crippen molar-refractivity contribution in [2.24, 2.45) is 5.92 Å². The fraction of sp³-hybridized carbons (Fsp3) is 1.00. The highest BCUT2D eigenvalue weighted by atomic mass is 32.2. The minimum Gasteiger partial charge on any atom is -0.394 e. The van der Waals surface area contributed by atoms with Crippen molar-refractivity contribution >= 4 is 21.6 Å². The van der Waals surface area contributed by atoms with Crippen molar-refractivity contribution in [3.8, 4) is 0 Å². The normalized spacial score (nSPS) is 27.4. The number of aliphatic hydroxyl groups is 1. The van der Waals surface area contributed by atoms with Gasteiger partial charge in [0.15, 0.2) is 0 Å². The molecule has 1 rings (SSSR count). The van der Waals surface area contributed by atoms with Crippen LogP contribution in [0.1, 0.15) is 39.5 Å². The summed E-state index contributed by atoms with van der Waals surface area (Å²) in [7, 11) is -2.84. The van der Waals surface area contributed by atoms with Crippen molar-refractivity contribution in [2.75, 3.05) is 30.1 Å². The van der Waals surface area contributed by atoms with Crippen LogP contribution >= 0.6 is 11.8 Å². The van der Waals surface area contributed by atoms with Gasteiger partial charge < -0.3 is 10.4 Å². The second-order valence-electron chi connectivity index (χ2n) is 6.23. The maximum atomic E-state index is 11.1. The molecule has 6 heteroatoms. The van der Waals surface area contributed by atoms with Gasteiger partial charge >= 0.3 is 0 Å². The third-order valence-corrected chi connectivity index (χ3v) is 6.25. The Kier molecular flexibility index (Phi) is 7.32. The molecule has 0 saturated heterocycles. The second kappa shape index (κ2) is 8.01. The highest BCUT2D eigenvalue weighted by molar-refractivity contribution is 8.00. The van der Waals surface area contributed by atoms with Gasteiger partial charge in [0.1, 0.15) is 9.84 Å². The summed E-state index contributed by atoms with van der Waals surface area (Å²) in [5.74, 6) is 2.41. The van der Waals surface area contributed by atoms with Crippen molar-refractivity contribution in [3.05, 3.63) is 0 Å². The van der Waals surface area contributed by atoms with E-state index in [0.29, 0.717) is 17.7 Å². The molecule has 2 unspecified atom stereocenters. The third kappa shape index (κ3) is 5.92. The summed E-state index contributed by atoms with van der Waals surface area (Å²) in [4.78, 5) is 0. The Balaban J connectivity index is 2.38. The summed E-state index contributed by atoms with van der Waals surface area (Å²) in [5, 5.41) is 13.4. The number of sulfone groups is 1. The summed E-state index contributed by atoms with van der Waals surface area (Å²) >= 11 is 1.71. The van der Waals surface area contributed by atoms with Crippen LogP contribution < -0.4 is 5.32 Å². The molecule has 0 spiro atoms. The zero-order chi connectivity index (χ0) is 15.2. The standard InChI is InChI=1S/C14H29NO3S2/c1-12(2)15-14(11-16)7-4-5-13(14)6-8-19-9-10-20(3,17)18/h12-13,15-16H,4-11H2,1-3H3. The van der Waals surface area contributed by atoms with Crippen molar-refractivity contribution in [3.63, 3.8) is 0 Å². The van der Waals surface area contributed by atoms with Gasteiger partial charge in [0.05, 0.1) is 12.4 Å². The first-order chi connectivity index (χ1) is 9.29. The molecule has 0 bridgehead atoms. The second-order valence-corrected chi connectivity index (χ2v) is 9.72. The van der Waals surface area contributed by atoms with E-state index in [4.69, 9.17) is 0 Å². The highest BCUT2D eigenvalue weighted by Crippen LogP contribution is 2.38. The lowest BCUT2D eigenvalue weighted by molar-refractivity contribution is 0.113. The number of hydrogen-bond acceptors (Lipinski definition) is 5. The van der Waals surface area contributed by atoms with Gasteiger partial charge in [-0.1, -0.05) is 20.3 Å². The Hall–Kier alpha value is 0.220. The Morgan fingerprint density at radius 3 is 2.65 bits per heavy atom. The first-order valence-electron chi connectivity index (χ1n) is 7.43. The van der Waals surface area contributed by atoms with E-state index in [2.05, 4.69) is 19.2 Å². The monoisotopic (exact) mass is 323 g/mol. The number of aliphatic hydroxyl groups excluding tert-OH is 1. The number of thioether (sulfide) groups is 1. The maximum absolute atomic E-state index is 11.1. The van der Waals surface area contributed by atoms with Gasteiger partial charge in [0.25, 0.3) is 0 Å². The van der Waals surface area contributed by atoms with E-state index in [1.165, 1.54) is 12.7 Å². The molecular weight excluding hydrogens is 294 g/mol. The molecule has 0 radical (unpaired) electrons. The molecule has 0 aromatic heterocycles. The molecule has 120 valence electrons. The van der Waals surface area contributed by atoms with Gasteiger partial charge in [-0.2, -0.15) is 11.8 Å². The first kappa shape index (κ1) is 18.3. The largest absolute Gasteiger partial charge is 0.394 e. The number of rotatable bonds is 9. The molecule has 0 aromatic rings. The van der Waals surface area contributed by atoms with E-state index >= 15 is 0 Å². The lowest BCUT2D eigenvalue weighted by atomic mass is 9.85. The molecule has 1 fully saturated rings. The predicted molar refractivity (Wildman–Crippen MR) is 87.1 cm³/mol. The lowest BCUT2D eigenvalue weighted by Gasteiger charge is -2.37. The molecule has 0 aromatic carbocycles. The maximum Gasteiger partial charge on any atom is 0.148 e. The van der Waals surface area contributed by atoms with Crippen LogP contribution in [0.3, 0.4) is 0 Å². The SMILES string of the molecule is CC(C)NC1(CO)CCCC1CCSCCS(C)(=O)=O. The van der Waals surface area contributed by atoms with Crippen molar-refractivity contribution < 1.29 is 13.5 Å². The summed E-state index contributed by atoms with van der Waals surface area (Å²) in [6, 6.07) is 0.376. The summed E-state index contributed by atoms with van der Waals surface area (Å²) in [6.07, 6.45) is 5.70. The molecule has 2 N–H and O–H groups in total. The van der Waals surface area contributed by atoms with Crippen LogP contribution in [0.4, 0.5) is 0 Å². The smallest absolute Gasteiger partial charge is 0.148 e. The van der Waals surface area contributed by atoms with E-state index in [-0.39, 0.29) is 17.9 Å². The zero-order valence-corrected chi connectivity index (χ0v) is 14.5. The van der Waals surface area contributed by atoms with E-state index in [1.807, 2.05) is 0 Å². The summed E-state index contributed by atoms with van der Waals surface area (Å²) < 4.78 is 22.1. The Bertz CT molecular complexity index is 384. The molecule has 0 heterocycles. The Morgan fingerprint density at radius 1 is 1.40 bits per heavy atom. The minimum absolute atomic E-state index is 0.119. The van der Waals surface area contributed by atoms with Crippen LogP contribution in [0.5, 0.6) is 0 Å². The van der Waals surface area contributed by atoms with Crippen LogP contribution in [0.15, 0.2) is 0 Å². The minimum atomic E-state index is -2.84. The van der Waals surface area contributed by atoms with Crippen molar-refractivity contribution in [1.82, 2.24) is 5.32 Å². The Labute approximate surface area is 128 Å². The molecule has 20 heavy (non-hydrogen) atoms. The lowest BCUT2D eigenvalue weighted by Crippen LogP contribution is -2.54. The van der Waals surface area contributed by atoms with E-state index < -0.39 is 9.84 Å². The molecule has 0 amide bonds. The highest BCUT2D eigenvalue weighted by Gasteiger charge is 2.41. The molecule has 1 aliphatic carbocycles. The van der Waals surface area contributed by atoms with Gasteiger partial charge in [0, 0.05) is 23.6 Å². The average molecular weight is 324 g/mol. The molecule has 4 nitrogen and oxygen atoms in total. The van der Waals surface area contributed by atoms with Crippen LogP contribution in [-0.4, -0.2) is 55.2 Å². The van der Waals surface area contributed by atoms with Crippen LogP contribution in [0, 0.1) is 5.92 Å². The van der Waals surface area contributed by atoms with Gasteiger partial charge in [0.2, 0.25) is 0 Å². The Morgan fingerprint density at radius 2 is 2.10 bits per heavy atom. The van der Waals surface area contributed by atoms with Crippen LogP contribution in [0.2, 0.25) is 0 Å². The van der Waals surface area contributed by atoms with E-state index in [9.17, 15) is 13.5 Å². The molecule has 1 aliphatic rings. The van der Waals surface area contributed by atoms with Gasteiger partial charge in [-0.15, -0.1) is 0 Å². The number of hydrogen-bond donors (Lipinski definition) is 2. The molecule has 2 atom stereocenters.